The highest BCUT2D eigenvalue weighted by Gasteiger charge is 2.11. The van der Waals surface area contributed by atoms with Crippen LogP contribution in [0, 0.1) is 5.92 Å². The summed E-state index contributed by atoms with van der Waals surface area (Å²) in [4.78, 5) is 0. The van der Waals surface area contributed by atoms with Crippen LogP contribution in [0.2, 0.25) is 0 Å². The van der Waals surface area contributed by atoms with E-state index < -0.39 is 0 Å². The molecule has 1 aliphatic carbocycles. The van der Waals surface area contributed by atoms with E-state index in [4.69, 9.17) is 0 Å². The Kier molecular flexibility index (Phi) is 4.68. The third-order valence-electron chi connectivity index (χ3n) is 2.33. The van der Waals surface area contributed by atoms with Gasteiger partial charge in [0.1, 0.15) is 0 Å². The lowest BCUT2D eigenvalue weighted by atomic mass is 9.86. The van der Waals surface area contributed by atoms with Crippen molar-refractivity contribution >= 4 is 9.90 Å². The molecule has 0 fully saturated rings. The van der Waals surface area contributed by atoms with Gasteiger partial charge in [0.05, 0.1) is 0 Å². The molecular weight excluding hydrogens is 151 g/mol. The highest BCUT2D eigenvalue weighted by Crippen LogP contribution is 2.27. The van der Waals surface area contributed by atoms with Crippen molar-refractivity contribution in [2.45, 2.75) is 33.1 Å². The van der Waals surface area contributed by atoms with Gasteiger partial charge < -0.3 is 0 Å². The van der Waals surface area contributed by atoms with E-state index in [9.17, 15) is 0 Å². The molecule has 2 atom stereocenters. The summed E-state index contributed by atoms with van der Waals surface area (Å²) < 4.78 is 0. The predicted molar refractivity (Wildman–Crippen MR) is 57.0 cm³/mol. The maximum atomic E-state index is 3.97. The summed E-state index contributed by atoms with van der Waals surface area (Å²) in [5.41, 5.74) is 2.90. The zero-order chi connectivity index (χ0) is 7.56. The molecule has 0 saturated heterocycles. The van der Waals surface area contributed by atoms with E-state index in [1.54, 1.807) is 5.57 Å². The second-order valence-corrected chi connectivity index (χ2v) is 3.37. The Labute approximate surface area is 73.4 Å². The molecule has 0 aromatic carbocycles. The van der Waals surface area contributed by atoms with E-state index in [1.807, 2.05) is 0 Å². The zero-order valence-corrected chi connectivity index (χ0v) is 9.10. The molecule has 0 aromatic rings. The van der Waals surface area contributed by atoms with Gasteiger partial charge in [0.25, 0.3) is 0 Å². The standard InChI is InChI=1S/C10H16.H3P/c1-8(2)10-6-4-9(3)5-7-10;/h4,10H,1,5-7H2,2-3H3;1H3. The number of allylic oxidation sites excluding steroid dienone is 3. The predicted octanol–water partition coefficient (Wildman–Crippen LogP) is 3.37. The lowest BCUT2D eigenvalue weighted by Gasteiger charge is -2.19. The third kappa shape index (κ3) is 3.20. The molecule has 11 heavy (non-hydrogen) atoms. The van der Waals surface area contributed by atoms with E-state index in [1.165, 1.54) is 24.8 Å². The van der Waals surface area contributed by atoms with Gasteiger partial charge in [0.2, 0.25) is 0 Å². The molecule has 1 heteroatoms. The van der Waals surface area contributed by atoms with E-state index in [0.717, 1.165) is 5.92 Å². The van der Waals surface area contributed by atoms with Crippen LogP contribution in [0.5, 0.6) is 0 Å². The van der Waals surface area contributed by atoms with Gasteiger partial charge in [-0.25, -0.2) is 0 Å². The average Bonchev–Trinajstić information content (AvgIpc) is 1.88. The third-order valence-corrected chi connectivity index (χ3v) is 2.33. The number of hydrogen-bond donors (Lipinski definition) is 0. The van der Waals surface area contributed by atoms with Crippen molar-refractivity contribution in [3.63, 3.8) is 0 Å². The normalized spacial score (nSPS) is 23.5. The molecule has 0 aromatic heterocycles. The van der Waals surface area contributed by atoms with Gasteiger partial charge in [-0.2, -0.15) is 9.90 Å². The Bertz CT molecular complexity index is 168. The summed E-state index contributed by atoms with van der Waals surface area (Å²) in [5, 5.41) is 0. The first kappa shape index (κ1) is 10.9. The molecule has 1 aliphatic rings. The van der Waals surface area contributed by atoms with Gasteiger partial charge in [-0.05, 0) is 39.0 Å². The van der Waals surface area contributed by atoms with E-state index >= 15 is 0 Å². The van der Waals surface area contributed by atoms with Crippen molar-refractivity contribution in [1.29, 1.82) is 0 Å². The molecule has 0 spiro atoms. The second kappa shape index (κ2) is 4.72. The Balaban J connectivity index is 0.000001000. The van der Waals surface area contributed by atoms with Crippen molar-refractivity contribution in [2.75, 3.05) is 0 Å². The maximum absolute atomic E-state index is 3.97. The van der Waals surface area contributed by atoms with Crippen LogP contribution >= 0.6 is 9.90 Å². The monoisotopic (exact) mass is 170 g/mol. The SMILES string of the molecule is C=C(C)C1CC=C(C)CC1.P. The minimum Gasteiger partial charge on any atom is -0.153 e. The van der Waals surface area contributed by atoms with Crippen LogP contribution < -0.4 is 0 Å². The maximum Gasteiger partial charge on any atom is -0.0171 e. The van der Waals surface area contributed by atoms with Crippen molar-refractivity contribution < 1.29 is 0 Å². The minimum atomic E-state index is 0. The summed E-state index contributed by atoms with van der Waals surface area (Å²) in [5.74, 6) is 0.767. The second-order valence-electron chi connectivity index (χ2n) is 3.37. The molecule has 0 radical (unpaired) electrons. The van der Waals surface area contributed by atoms with Gasteiger partial charge in [-0.15, -0.1) is 0 Å². The molecule has 2 unspecified atom stereocenters. The van der Waals surface area contributed by atoms with Crippen LogP contribution in [0.4, 0.5) is 0 Å². The molecule has 64 valence electrons. The summed E-state index contributed by atoms with van der Waals surface area (Å²) in [6, 6.07) is 0. The summed E-state index contributed by atoms with van der Waals surface area (Å²) in [6.45, 7) is 8.33. The van der Waals surface area contributed by atoms with Crippen molar-refractivity contribution in [3.05, 3.63) is 23.8 Å². The number of rotatable bonds is 1. The van der Waals surface area contributed by atoms with Gasteiger partial charge in [0.15, 0.2) is 0 Å². The highest BCUT2D eigenvalue weighted by molar-refractivity contribution is 6.92. The van der Waals surface area contributed by atoms with E-state index in [-0.39, 0.29) is 9.90 Å². The first-order chi connectivity index (χ1) is 4.70. The zero-order valence-electron chi connectivity index (χ0n) is 7.69. The Morgan fingerprint density at radius 1 is 1.64 bits per heavy atom. The van der Waals surface area contributed by atoms with Gasteiger partial charge in [-0.1, -0.05) is 23.8 Å². The molecule has 0 amide bonds. The Morgan fingerprint density at radius 2 is 2.27 bits per heavy atom. The molecule has 0 bridgehead atoms. The van der Waals surface area contributed by atoms with Gasteiger partial charge in [-0.3, -0.25) is 0 Å². The van der Waals surface area contributed by atoms with Gasteiger partial charge >= 0.3 is 0 Å². The smallest absolute Gasteiger partial charge is 0.0171 e. The summed E-state index contributed by atoms with van der Waals surface area (Å²) >= 11 is 0. The van der Waals surface area contributed by atoms with Crippen LogP contribution in [0.25, 0.3) is 0 Å². The van der Waals surface area contributed by atoms with Gasteiger partial charge in [0, 0.05) is 0 Å². The van der Waals surface area contributed by atoms with E-state index in [2.05, 4.69) is 26.5 Å². The molecule has 0 heterocycles. The lowest BCUT2D eigenvalue weighted by molar-refractivity contribution is 0.540. The lowest BCUT2D eigenvalue weighted by Crippen LogP contribution is -2.04. The van der Waals surface area contributed by atoms with Crippen molar-refractivity contribution in [3.8, 4) is 0 Å². The first-order valence-corrected chi connectivity index (χ1v) is 4.01. The fraction of sp³-hybridized carbons (Fsp3) is 0.600. The molecule has 0 nitrogen and oxygen atoms in total. The molecule has 1 rings (SSSR count). The van der Waals surface area contributed by atoms with Crippen LogP contribution in [-0.4, -0.2) is 0 Å². The van der Waals surface area contributed by atoms with Crippen LogP contribution in [0.1, 0.15) is 33.1 Å². The quantitative estimate of drug-likeness (QED) is 0.418. The summed E-state index contributed by atoms with van der Waals surface area (Å²) in [6.07, 6.45) is 6.17. The van der Waals surface area contributed by atoms with Crippen molar-refractivity contribution in [2.24, 2.45) is 5.92 Å². The van der Waals surface area contributed by atoms with Crippen LogP contribution in [0.3, 0.4) is 0 Å². The van der Waals surface area contributed by atoms with Crippen LogP contribution in [-0.2, 0) is 0 Å². The Morgan fingerprint density at radius 3 is 2.64 bits per heavy atom. The molecule has 0 saturated carbocycles. The summed E-state index contributed by atoms with van der Waals surface area (Å²) in [7, 11) is 0. The molecular formula is C10H19P. The van der Waals surface area contributed by atoms with E-state index in [0.29, 0.717) is 0 Å². The average molecular weight is 170 g/mol. The highest BCUT2D eigenvalue weighted by atomic mass is 31.0. The number of hydrogen-bond acceptors (Lipinski definition) is 0. The fourth-order valence-corrected chi connectivity index (χ4v) is 1.41. The minimum absolute atomic E-state index is 0. The van der Waals surface area contributed by atoms with Crippen LogP contribution in [0.15, 0.2) is 23.8 Å². The van der Waals surface area contributed by atoms with Crippen molar-refractivity contribution in [1.82, 2.24) is 0 Å². The molecule has 0 N–H and O–H groups in total. The first-order valence-electron chi connectivity index (χ1n) is 4.01. The topological polar surface area (TPSA) is 0 Å². The Hall–Kier alpha value is -0.0900. The fourth-order valence-electron chi connectivity index (χ4n) is 1.41. The molecule has 0 aliphatic heterocycles. The largest absolute Gasteiger partial charge is 0.153 e.